The van der Waals surface area contributed by atoms with Crippen LogP contribution in [0.25, 0.3) is 0 Å². The summed E-state index contributed by atoms with van der Waals surface area (Å²) in [4.78, 5) is 0. The Hall–Kier alpha value is 0.131. The van der Waals surface area contributed by atoms with Crippen molar-refractivity contribution in [3.05, 3.63) is 35.9 Å². The molecule has 14 heavy (non-hydrogen) atoms. The van der Waals surface area contributed by atoms with Crippen molar-refractivity contribution in [3.63, 3.8) is 0 Å². The van der Waals surface area contributed by atoms with Crippen LogP contribution >= 0.6 is 0 Å². The predicted molar refractivity (Wildman–Crippen MR) is 40.2 cm³/mol. The van der Waals surface area contributed by atoms with Crippen LogP contribution in [0.15, 0.2) is 24.3 Å². The van der Waals surface area contributed by atoms with E-state index in [4.69, 9.17) is 5.26 Å². The van der Waals surface area contributed by atoms with Gasteiger partial charge in [0.2, 0.25) is 0 Å². The van der Waals surface area contributed by atoms with Crippen molar-refractivity contribution in [2.45, 2.75) is 0 Å². The van der Waals surface area contributed by atoms with E-state index in [0.29, 0.717) is 5.56 Å². The molecular weight excluding hydrogens is 224 g/mol. The Morgan fingerprint density at radius 1 is 1.21 bits per heavy atom. The Morgan fingerprint density at radius 3 is 1.93 bits per heavy atom. The maximum Gasteiger partial charge on any atom is 1.00 e. The minimum Gasteiger partial charge on any atom is -0.418 e. The van der Waals surface area contributed by atoms with Crippen LogP contribution in [-0.2, 0) is 0 Å². The summed E-state index contributed by atoms with van der Waals surface area (Å²) in [6, 6.07) is 11.8. The first-order valence-corrected chi connectivity index (χ1v) is 3.17. The molecule has 0 saturated heterocycles. The van der Waals surface area contributed by atoms with Crippen LogP contribution in [0.3, 0.4) is 0 Å². The summed E-state index contributed by atoms with van der Waals surface area (Å²) >= 11 is 0. The van der Waals surface area contributed by atoms with Gasteiger partial charge < -0.3 is 17.3 Å². The fraction of sp³-hybridized carbons (Fsp3) is 0. The Labute approximate surface area is 122 Å². The van der Waals surface area contributed by atoms with Gasteiger partial charge >= 0.3 is 58.6 Å². The molecular formula is C7H4BF4KN-. The second kappa shape index (κ2) is 8.44. The number of nitriles is 1. The Morgan fingerprint density at radius 2 is 1.71 bits per heavy atom. The first-order valence-electron chi connectivity index (χ1n) is 3.17. The third-order valence-corrected chi connectivity index (χ3v) is 0.830. The Balaban J connectivity index is 0. The Bertz CT molecular complexity index is 276. The minimum atomic E-state index is -6.00. The molecule has 1 aromatic rings. The van der Waals surface area contributed by atoms with Gasteiger partial charge in [-0.3, -0.25) is 5.26 Å². The molecule has 0 bridgehead atoms. The van der Waals surface area contributed by atoms with Crippen LogP contribution < -0.4 is 51.4 Å². The van der Waals surface area contributed by atoms with E-state index in [1.807, 2.05) is 18.2 Å². The molecule has 0 unspecified atom stereocenters. The minimum absolute atomic E-state index is 0. The fourth-order valence-electron chi connectivity index (χ4n) is 0.463. The maximum atomic E-state index is 9.75. The quantitative estimate of drug-likeness (QED) is 0.338. The second-order valence-corrected chi connectivity index (χ2v) is 1.88. The molecule has 0 spiro atoms. The summed E-state index contributed by atoms with van der Waals surface area (Å²) in [6.45, 7) is 0. The molecule has 7 heteroatoms. The third kappa shape index (κ3) is 14.6. The fourth-order valence-corrected chi connectivity index (χ4v) is 0.463. The van der Waals surface area contributed by atoms with Gasteiger partial charge in [-0.15, -0.1) is 30.3 Å². The van der Waals surface area contributed by atoms with Crippen LogP contribution in [0.1, 0.15) is 5.56 Å². The molecule has 0 aliphatic rings. The summed E-state index contributed by atoms with van der Waals surface area (Å²) in [6.07, 6.45) is 0. The van der Waals surface area contributed by atoms with Crippen LogP contribution in [0.5, 0.6) is 0 Å². The summed E-state index contributed by atoms with van der Waals surface area (Å²) < 4.78 is 39.0. The standard InChI is InChI=1S/C7H4N.BF4.K/c8-6-7-4-2-1-3-5-7;2-1(3,4)5;/h1-4H;;/q2*-1;+1. The number of nitrogens with zero attached hydrogens (tertiary/aromatic N) is 1. The normalized spacial score (nSPS) is 8.79. The molecule has 0 saturated carbocycles. The Kier molecular flexibility index (Phi) is 9.98. The average Bonchev–Trinajstić information content (AvgIpc) is 2.03. The van der Waals surface area contributed by atoms with Crippen molar-refractivity contribution < 1.29 is 68.6 Å². The summed E-state index contributed by atoms with van der Waals surface area (Å²) in [5, 5.41) is 8.26. The van der Waals surface area contributed by atoms with Crippen LogP contribution in [0, 0.1) is 17.4 Å². The van der Waals surface area contributed by atoms with E-state index in [9.17, 15) is 17.3 Å². The van der Waals surface area contributed by atoms with E-state index in [0.717, 1.165) is 0 Å². The number of halogens is 4. The summed E-state index contributed by atoms with van der Waals surface area (Å²) in [7, 11) is -6.00. The van der Waals surface area contributed by atoms with Crippen LogP contribution in [0.4, 0.5) is 17.3 Å². The molecule has 0 aromatic heterocycles. The number of rotatable bonds is 0. The average molecular weight is 228 g/mol. The first-order chi connectivity index (χ1) is 5.93. The van der Waals surface area contributed by atoms with Gasteiger partial charge in [0, 0.05) is 0 Å². The zero-order valence-electron chi connectivity index (χ0n) is 7.35. The molecule has 0 aliphatic carbocycles. The molecule has 0 atom stereocenters. The zero-order chi connectivity index (χ0) is 10.3. The maximum absolute atomic E-state index is 9.75. The van der Waals surface area contributed by atoms with Gasteiger partial charge in [0.25, 0.3) is 0 Å². The van der Waals surface area contributed by atoms with Crippen molar-refractivity contribution in [2.24, 2.45) is 0 Å². The topological polar surface area (TPSA) is 23.8 Å². The van der Waals surface area contributed by atoms with Crippen LogP contribution in [0.2, 0.25) is 0 Å². The van der Waals surface area contributed by atoms with Gasteiger partial charge in [-0.05, 0) is 6.07 Å². The monoisotopic (exact) mass is 228 g/mol. The SMILES string of the molecule is F[B-](F)(F)F.N#Cc1[c-]cccc1.[K+]. The summed E-state index contributed by atoms with van der Waals surface area (Å²) in [5.74, 6) is 0. The van der Waals surface area contributed by atoms with Crippen molar-refractivity contribution in [2.75, 3.05) is 0 Å². The van der Waals surface area contributed by atoms with E-state index in [1.165, 1.54) is 0 Å². The number of benzene rings is 1. The smallest absolute Gasteiger partial charge is 0.418 e. The molecule has 0 amide bonds. The van der Waals surface area contributed by atoms with Crippen molar-refractivity contribution >= 4 is 7.25 Å². The molecule has 1 aromatic carbocycles. The van der Waals surface area contributed by atoms with Crippen molar-refractivity contribution in [3.8, 4) is 6.07 Å². The molecule has 0 aliphatic heterocycles. The molecule has 0 fully saturated rings. The van der Waals surface area contributed by atoms with Gasteiger partial charge in [-0.2, -0.15) is 0 Å². The van der Waals surface area contributed by atoms with Gasteiger partial charge in [-0.25, -0.2) is 0 Å². The van der Waals surface area contributed by atoms with E-state index >= 15 is 0 Å². The molecule has 1 nitrogen and oxygen atoms in total. The van der Waals surface area contributed by atoms with Gasteiger partial charge in [0.15, 0.2) is 0 Å². The van der Waals surface area contributed by atoms with E-state index < -0.39 is 7.25 Å². The van der Waals surface area contributed by atoms with E-state index in [2.05, 4.69) is 6.07 Å². The summed E-state index contributed by atoms with van der Waals surface area (Å²) in [5.41, 5.74) is 0.590. The zero-order valence-corrected chi connectivity index (χ0v) is 10.5. The largest absolute Gasteiger partial charge is 1.00 e. The van der Waals surface area contributed by atoms with Gasteiger partial charge in [-0.1, -0.05) is 5.56 Å². The van der Waals surface area contributed by atoms with Gasteiger partial charge in [0.05, 0.1) is 0 Å². The van der Waals surface area contributed by atoms with Crippen LogP contribution in [-0.4, -0.2) is 7.25 Å². The molecule has 1 rings (SSSR count). The molecule has 70 valence electrons. The van der Waals surface area contributed by atoms with Crippen molar-refractivity contribution in [1.29, 1.82) is 5.26 Å². The van der Waals surface area contributed by atoms with Crippen molar-refractivity contribution in [1.82, 2.24) is 0 Å². The number of hydrogen-bond donors (Lipinski definition) is 0. The van der Waals surface area contributed by atoms with Gasteiger partial charge in [0.1, 0.15) is 0 Å². The number of hydrogen-bond acceptors (Lipinski definition) is 1. The molecule has 0 radical (unpaired) electrons. The molecule has 0 heterocycles. The molecule has 0 N–H and O–H groups in total. The van der Waals surface area contributed by atoms with E-state index in [1.54, 1.807) is 12.1 Å². The van der Waals surface area contributed by atoms with E-state index in [-0.39, 0.29) is 51.4 Å². The first kappa shape index (κ1) is 16.6. The third-order valence-electron chi connectivity index (χ3n) is 0.830. The second-order valence-electron chi connectivity index (χ2n) is 1.88. The predicted octanol–water partition coefficient (Wildman–Crippen LogP) is -0.338.